The van der Waals surface area contributed by atoms with E-state index in [0.717, 1.165) is 23.6 Å². The standard InChI is InChI=1S/C18H22N2/c1-12(17-11-13-6-7-15(17)10-13)20-18-16-5-3-2-4-14(16)8-9-19-18/h2-5,8-9,12-13,15,17H,6-7,10-11H2,1H3,(H,19,20). The van der Waals surface area contributed by atoms with Crippen molar-refractivity contribution in [2.75, 3.05) is 5.32 Å². The Balaban J connectivity index is 1.58. The van der Waals surface area contributed by atoms with Crippen molar-refractivity contribution in [3.05, 3.63) is 36.5 Å². The van der Waals surface area contributed by atoms with E-state index in [1.807, 2.05) is 6.20 Å². The minimum atomic E-state index is 0.531. The molecule has 2 aromatic rings. The summed E-state index contributed by atoms with van der Waals surface area (Å²) in [6.07, 6.45) is 7.73. The van der Waals surface area contributed by atoms with Crippen molar-refractivity contribution in [2.45, 2.75) is 38.6 Å². The van der Waals surface area contributed by atoms with Crippen molar-refractivity contribution in [3.63, 3.8) is 0 Å². The zero-order valence-corrected chi connectivity index (χ0v) is 12.0. The molecule has 2 bridgehead atoms. The third kappa shape index (κ3) is 1.98. The molecule has 4 unspecified atom stereocenters. The van der Waals surface area contributed by atoms with Gasteiger partial charge in [-0.05, 0) is 55.4 Å². The average Bonchev–Trinajstić information content (AvgIpc) is 3.10. The molecule has 0 aliphatic heterocycles. The molecule has 4 atom stereocenters. The number of aromatic nitrogens is 1. The molecule has 20 heavy (non-hydrogen) atoms. The molecule has 0 radical (unpaired) electrons. The van der Waals surface area contributed by atoms with Crippen LogP contribution in [-0.2, 0) is 0 Å². The fourth-order valence-corrected chi connectivity index (χ4v) is 4.46. The lowest BCUT2D eigenvalue weighted by atomic mass is 9.84. The molecular weight excluding hydrogens is 244 g/mol. The summed E-state index contributed by atoms with van der Waals surface area (Å²) in [5.74, 6) is 3.86. The third-order valence-electron chi connectivity index (χ3n) is 5.47. The van der Waals surface area contributed by atoms with Crippen molar-refractivity contribution < 1.29 is 0 Å². The van der Waals surface area contributed by atoms with E-state index >= 15 is 0 Å². The van der Waals surface area contributed by atoms with Gasteiger partial charge in [0.2, 0.25) is 0 Å². The first-order valence-corrected chi connectivity index (χ1v) is 7.91. The number of nitrogens with zero attached hydrogens (tertiary/aromatic N) is 1. The monoisotopic (exact) mass is 266 g/mol. The minimum absolute atomic E-state index is 0.531. The van der Waals surface area contributed by atoms with Crippen molar-refractivity contribution in [3.8, 4) is 0 Å². The Morgan fingerprint density at radius 2 is 2.05 bits per heavy atom. The topological polar surface area (TPSA) is 24.9 Å². The second-order valence-corrected chi connectivity index (χ2v) is 6.65. The van der Waals surface area contributed by atoms with Gasteiger partial charge in [0.25, 0.3) is 0 Å². The molecule has 2 nitrogen and oxygen atoms in total. The van der Waals surface area contributed by atoms with Gasteiger partial charge in [-0.25, -0.2) is 4.98 Å². The van der Waals surface area contributed by atoms with E-state index in [0.29, 0.717) is 6.04 Å². The molecule has 2 aliphatic carbocycles. The third-order valence-corrected chi connectivity index (χ3v) is 5.47. The summed E-state index contributed by atoms with van der Waals surface area (Å²) in [6.45, 7) is 2.34. The molecule has 2 fully saturated rings. The van der Waals surface area contributed by atoms with E-state index in [2.05, 4.69) is 47.6 Å². The summed E-state index contributed by atoms with van der Waals surface area (Å²) in [5.41, 5.74) is 0. The highest BCUT2D eigenvalue weighted by molar-refractivity contribution is 5.91. The molecule has 0 saturated heterocycles. The van der Waals surface area contributed by atoms with E-state index in [1.54, 1.807) is 0 Å². The summed E-state index contributed by atoms with van der Waals surface area (Å²) in [6, 6.07) is 11.1. The van der Waals surface area contributed by atoms with Gasteiger partial charge in [-0.3, -0.25) is 0 Å². The SMILES string of the molecule is CC(Nc1nccc2ccccc12)C1CC2CCC1C2. The van der Waals surface area contributed by atoms with Gasteiger partial charge < -0.3 is 5.32 Å². The Labute approximate surface area is 120 Å². The van der Waals surface area contributed by atoms with Crippen LogP contribution in [0.25, 0.3) is 10.8 Å². The highest BCUT2D eigenvalue weighted by Gasteiger charge is 2.41. The van der Waals surface area contributed by atoms with Crippen LogP contribution in [0, 0.1) is 17.8 Å². The number of fused-ring (bicyclic) bond motifs is 3. The smallest absolute Gasteiger partial charge is 0.134 e. The van der Waals surface area contributed by atoms with E-state index in [1.165, 1.54) is 36.5 Å². The lowest BCUT2D eigenvalue weighted by Crippen LogP contribution is -2.30. The summed E-state index contributed by atoms with van der Waals surface area (Å²) in [5, 5.41) is 6.21. The molecule has 1 aromatic heterocycles. The molecule has 2 heteroatoms. The highest BCUT2D eigenvalue weighted by atomic mass is 15.0. The summed E-state index contributed by atoms with van der Waals surface area (Å²) < 4.78 is 0. The Hall–Kier alpha value is -1.57. The molecule has 1 heterocycles. The quantitative estimate of drug-likeness (QED) is 0.886. The largest absolute Gasteiger partial charge is 0.367 e. The first-order valence-electron chi connectivity index (χ1n) is 7.91. The summed E-state index contributed by atoms with van der Waals surface area (Å²) in [4.78, 5) is 4.57. The lowest BCUT2D eigenvalue weighted by Gasteiger charge is -2.29. The van der Waals surface area contributed by atoms with Gasteiger partial charge in [0.05, 0.1) is 0 Å². The van der Waals surface area contributed by atoms with Crippen LogP contribution in [0.2, 0.25) is 0 Å². The Morgan fingerprint density at radius 1 is 1.15 bits per heavy atom. The van der Waals surface area contributed by atoms with E-state index in [4.69, 9.17) is 0 Å². The Kier molecular flexibility index (Phi) is 2.90. The second-order valence-electron chi connectivity index (χ2n) is 6.65. The zero-order valence-electron chi connectivity index (χ0n) is 12.0. The fraction of sp³-hybridized carbons (Fsp3) is 0.500. The molecule has 1 N–H and O–H groups in total. The summed E-state index contributed by atoms with van der Waals surface area (Å²) >= 11 is 0. The predicted octanol–water partition coefficient (Wildman–Crippen LogP) is 4.47. The highest BCUT2D eigenvalue weighted by Crippen LogP contribution is 2.49. The van der Waals surface area contributed by atoms with Crippen LogP contribution in [0.15, 0.2) is 36.5 Å². The maximum absolute atomic E-state index is 4.57. The maximum atomic E-state index is 4.57. The van der Waals surface area contributed by atoms with Gasteiger partial charge in [0, 0.05) is 17.6 Å². The van der Waals surface area contributed by atoms with E-state index < -0.39 is 0 Å². The molecule has 104 valence electrons. The van der Waals surface area contributed by atoms with Gasteiger partial charge in [-0.1, -0.05) is 30.7 Å². The zero-order chi connectivity index (χ0) is 13.5. The van der Waals surface area contributed by atoms with Gasteiger partial charge in [-0.15, -0.1) is 0 Å². The normalized spacial score (nSPS) is 29.8. The number of hydrogen-bond acceptors (Lipinski definition) is 2. The van der Waals surface area contributed by atoms with Gasteiger partial charge in [0.1, 0.15) is 5.82 Å². The van der Waals surface area contributed by atoms with E-state index in [-0.39, 0.29) is 0 Å². The molecule has 1 aromatic carbocycles. The molecular formula is C18H22N2. The van der Waals surface area contributed by atoms with Crippen LogP contribution in [-0.4, -0.2) is 11.0 Å². The molecule has 4 rings (SSSR count). The van der Waals surface area contributed by atoms with Crippen molar-refractivity contribution in [1.29, 1.82) is 0 Å². The molecule has 0 amide bonds. The molecule has 2 aliphatic rings. The number of benzene rings is 1. The maximum Gasteiger partial charge on any atom is 0.134 e. The van der Waals surface area contributed by atoms with Crippen molar-refractivity contribution in [1.82, 2.24) is 4.98 Å². The number of hydrogen-bond donors (Lipinski definition) is 1. The van der Waals surface area contributed by atoms with Crippen LogP contribution in [0.1, 0.15) is 32.6 Å². The van der Waals surface area contributed by atoms with Crippen molar-refractivity contribution in [2.24, 2.45) is 17.8 Å². The van der Waals surface area contributed by atoms with Gasteiger partial charge >= 0.3 is 0 Å². The molecule has 2 saturated carbocycles. The Morgan fingerprint density at radius 3 is 2.85 bits per heavy atom. The number of rotatable bonds is 3. The van der Waals surface area contributed by atoms with Crippen LogP contribution >= 0.6 is 0 Å². The fourth-order valence-electron chi connectivity index (χ4n) is 4.46. The van der Waals surface area contributed by atoms with Crippen LogP contribution in [0.3, 0.4) is 0 Å². The molecule has 0 spiro atoms. The predicted molar refractivity (Wildman–Crippen MR) is 83.8 cm³/mol. The van der Waals surface area contributed by atoms with Gasteiger partial charge in [0.15, 0.2) is 0 Å². The number of nitrogens with one attached hydrogen (secondary N) is 1. The van der Waals surface area contributed by atoms with Crippen molar-refractivity contribution >= 4 is 16.6 Å². The average molecular weight is 266 g/mol. The minimum Gasteiger partial charge on any atom is -0.367 e. The van der Waals surface area contributed by atoms with Crippen LogP contribution in [0.5, 0.6) is 0 Å². The summed E-state index contributed by atoms with van der Waals surface area (Å²) in [7, 11) is 0. The van der Waals surface area contributed by atoms with Gasteiger partial charge in [-0.2, -0.15) is 0 Å². The first-order chi connectivity index (χ1) is 9.81. The second kappa shape index (κ2) is 4.76. The Bertz CT molecular complexity index is 616. The van der Waals surface area contributed by atoms with Crippen LogP contribution < -0.4 is 5.32 Å². The number of pyridine rings is 1. The number of anilines is 1. The van der Waals surface area contributed by atoms with E-state index in [9.17, 15) is 0 Å². The first kappa shape index (κ1) is 12.2. The van der Waals surface area contributed by atoms with Crippen LogP contribution in [0.4, 0.5) is 5.82 Å². The lowest BCUT2D eigenvalue weighted by molar-refractivity contribution is 0.304.